The number of nitrogens with one attached hydrogen (secondary N) is 1. The van der Waals surface area contributed by atoms with Gasteiger partial charge in [0.2, 0.25) is 5.91 Å². The van der Waals surface area contributed by atoms with Crippen molar-refractivity contribution in [2.75, 3.05) is 6.54 Å². The molecule has 1 amide bonds. The summed E-state index contributed by atoms with van der Waals surface area (Å²) in [5.74, 6) is -2.72. The van der Waals surface area contributed by atoms with E-state index in [9.17, 15) is 19.2 Å². The molecule has 130 valence electrons. The maximum absolute atomic E-state index is 10.6. The van der Waals surface area contributed by atoms with Crippen molar-refractivity contribution in [3.63, 3.8) is 0 Å². The van der Waals surface area contributed by atoms with Crippen LogP contribution in [0.5, 0.6) is 0 Å². The number of aliphatic carboxylic acids is 3. The summed E-state index contributed by atoms with van der Waals surface area (Å²) in [5.41, 5.74) is 0. The molecule has 1 aliphatic heterocycles. The lowest BCUT2D eigenvalue weighted by molar-refractivity contribution is -0.132. The third kappa shape index (κ3) is 38.1. The topological polar surface area (TPSA) is 141 Å². The summed E-state index contributed by atoms with van der Waals surface area (Å²) in [6.07, 6.45) is 6.68. The highest BCUT2D eigenvalue weighted by molar-refractivity contribution is 5.79. The second-order valence-corrected chi connectivity index (χ2v) is 3.79. The van der Waals surface area contributed by atoms with E-state index < -0.39 is 17.9 Å². The van der Waals surface area contributed by atoms with Gasteiger partial charge in [0.05, 0.1) is 0 Å². The van der Waals surface area contributed by atoms with Crippen molar-refractivity contribution in [3.8, 4) is 0 Å². The van der Waals surface area contributed by atoms with Gasteiger partial charge in [-0.1, -0.05) is 26.2 Å². The van der Waals surface area contributed by atoms with E-state index in [-0.39, 0.29) is 5.91 Å². The molecule has 23 heavy (non-hydrogen) atoms. The first kappa shape index (κ1) is 25.1. The third-order valence-electron chi connectivity index (χ3n) is 1.93. The number of carboxylic acids is 3. The zero-order chi connectivity index (χ0) is 18.7. The minimum Gasteiger partial charge on any atom is -0.478 e. The van der Waals surface area contributed by atoms with Crippen LogP contribution in [0.15, 0.2) is 38.0 Å². The first-order valence-electron chi connectivity index (χ1n) is 6.54. The first-order chi connectivity index (χ1) is 10.7. The van der Waals surface area contributed by atoms with E-state index in [0.717, 1.165) is 44.0 Å². The van der Waals surface area contributed by atoms with Gasteiger partial charge < -0.3 is 20.6 Å². The van der Waals surface area contributed by atoms with Gasteiger partial charge in [0.1, 0.15) is 0 Å². The van der Waals surface area contributed by atoms with Crippen LogP contribution in [0.2, 0.25) is 0 Å². The van der Waals surface area contributed by atoms with Crippen LogP contribution in [-0.4, -0.2) is 45.7 Å². The Morgan fingerprint density at radius 1 is 0.826 bits per heavy atom. The molecule has 0 aromatic heterocycles. The van der Waals surface area contributed by atoms with E-state index in [1.807, 2.05) is 0 Å². The molecule has 1 rings (SSSR count). The maximum Gasteiger partial charge on any atom is 0.327 e. The SMILES string of the molecule is C=CC(=O)O.C=CC(=O)O.C=CC(=O)O.O=C1CCCCCN1. The van der Waals surface area contributed by atoms with E-state index in [4.69, 9.17) is 15.3 Å². The van der Waals surface area contributed by atoms with Crippen LogP contribution in [-0.2, 0) is 19.2 Å². The van der Waals surface area contributed by atoms with Crippen molar-refractivity contribution in [1.29, 1.82) is 0 Å². The van der Waals surface area contributed by atoms with Gasteiger partial charge in [-0.25, -0.2) is 14.4 Å². The number of carboxylic acid groups (broad SMARTS) is 3. The van der Waals surface area contributed by atoms with Crippen LogP contribution in [0.25, 0.3) is 0 Å². The number of carbonyl (C=O) groups is 4. The Labute approximate surface area is 134 Å². The highest BCUT2D eigenvalue weighted by Gasteiger charge is 2.03. The maximum atomic E-state index is 10.6. The molecule has 0 aromatic carbocycles. The molecule has 4 N–H and O–H groups in total. The molecule has 0 aliphatic carbocycles. The van der Waals surface area contributed by atoms with Gasteiger partial charge in [-0.05, 0) is 12.8 Å². The van der Waals surface area contributed by atoms with E-state index >= 15 is 0 Å². The molecule has 0 spiro atoms. The van der Waals surface area contributed by atoms with Gasteiger partial charge in [0.25, 0.3) is 0 Å². The fourth-order valence-corrected chi connectivity index (χ4v) is 0.904. The lowest BCUT2D eigenvalue weighted by atomic mass is 10.2. The van der Waals surface area contributed by atoms with Crippen LogP contribution in [0.4, 0.5) is 0 Å². The Hall–Kier alpha value is -2.90. The summed E-state index contributed by atoms with van der Waals surface area (Å²) in [5, 5.41) is 25.6. The Morgan fingerprint density at radius 3 is 1.48 bits per heavy atom. The van der Waals surface area contributed by atoms with E-state index in [1.54, 1.807) is 0 Å². The number of hydrogen-bond donors (Lipinski definition) is 4. The molecular formula is C15H23NO7. The van der Waals surface area contributed by atoms with Gasteiger partial charge >= 0.3 is 17.9 Å². The number of hydrogen-bond acceptors (Lipinski definition) is 4. The molecule has 0 unspecified atom stereocenters. The summed E-state index contributed by atoms with van der Waals surface area (Å²) in [6, 6.07) is 0. The largest absolute Gasteiger partial charge is 0.478 e. The zero-order valence-corrected chi connectivity index (χ0v) is 12.9. The second-order valence-electron chi connectivity index (χ2n) is 3.79. The van der Waals surface area contributed by atoms with Gasteiger partial charge in [-0.2, -0.15) is 0 Å². The van der Waals surface area contributed by atoms with Crippen LogP contribution in [0.3, 0.4) is 0 Å². The number of carbonyl (C=O) groups excluding carboxylic acids is 1. The normalized spacial score (nSPS) is 11.7. The molecule has 8 nitrogen and oxygen atoms in total. The molecule has 1 aliphatic rings. The first-order valence-corrected chi connectivity index (χ1v) is 6.54. The molecule has 1 heterocycles. The van der Waals surface area contributed by atoms with E-state index in [1.165, 1.54) is 6.42 Å². The summed E-state index contributed by atoms with van der Waals surface area (Å²) >= 11 is 0. The van der Waals surface area contributed by atoms with Crippen molar-refractivity contribution >= 4 is 23.8 Å². The van der Waals surface area contributed by atoms with Crippen molar-refractivity contribution < 1.29 is 34.5 Å². The summed E-state index contributed by atoms with van der Waals surface area (Å²) < 4.78 is 0. The van der Waals surface area contributed by atoms with Crippen molar-refractivity contribution in [1.82, 2.24) is 5.32 Å². The van der Waals surface area contributed by atoms with Gasteiger partial charge in [0.15, 0.2) is 0 Å². The number of amides is 1. The Morgan fingerprint density at radius 2 is 1.17 bits per heavy atom. The Bertz CT molecular complexity index is 363. The monoisotopic (exact) mass is 329 g/mol. The Balaban J connectivity index is -0.000000240. The van der Waals surface area contributed by atoms with Crippen LogP contribution < -0.4 is 5.32 Å². The highest BCUT2D eigenvalue weighted by atomic mass is 16.4. The minimum atomic E-state index is -0.981. The Kier molecular flexibility index (Phi) is 20.8. The summed E-state index contributed by atoms with van der Waals surface area (Å²) in [7, 11) is 0. The van der Waals surface area contributed by atoms with Crippen LogP contribution in [0, 0.1) is 0 Å². The minimum absolute atomic E-state index is 0.225. The fourth-order valence-electron chi connectivity index (χ4n) is 0.904. The molecular weight excluding hydrogens is 306 g/mol. The molecule has 8 heteroatoms. The molecule has 0 bridgehead atoms. The summed E-state index contributed by atoms with van der Waals surface area (Å²) in [4.78, 5) is 38.3. The molecule has 0 aromatic rings. The average Bonchev–Trinajstić information content (AvgIpc) is 2.76. The molecule has 1 fully saturated rings. The van der Waals surface area contributed by atoms with Crippen LogP contribution >= 0.6 is 0 Å². The predicted molar refractivity (Wildman–Crippen MR) is 85.0 cm³/mol. The van der Waals surface area contributed by atoms with Gasteiger partial charge in [-0.15, -0.1) is 0 Å². The number of rotatable bonds is 3. The van der Waals surface area contributed by atoms with Crippen LogP contribution in [0.1, 0.15) is 25.7 Å². The van der Waals surface area contributed by atoms with Gasteiger partial charge in [-0.3, -0.25) is 4.79 Å². The van der Waals surface area contributed by atoms with Gasteiger partial charge in [0, 0.05) is 31.2 Å². The van der Waals surface area contributed by atoms with Crippen molar-refractivity contribution in [2.45, 2.75) is 25.7 Å². The molecule has 1 saturated heterocycles. The predicted octanol–water partition coefficient (Wildman–Crippen LogP) is 1.45. The molecule has 0 saturated carbocycles. The lowest BCUT2D eigenvalue weighted by Crippen LogP contribution is -2.21. The lowest BCUT2D eigenvalue weighted by Gasteiger charge is -1.93. The standard InChI is InChI=1S/C6H11NO.3C3H4O2/c8-6-4-2-1-3-5-7-6;3*1-2-3(4)5/h1-5H2,(H,7,8);3*2H,1H2,(H,4,5). The zero-order valence-electron chi connectivity index (χ0n) is 12.9. The van der Waals surface area contributed by atoms with E-state index in [0.29, 0.717) is 0 Å². The van der Waals surface area contributed by atoms with Crippen molar-refractivity contribution in [2.24, 2.45) is 0 Å². The third-order valence-corrected chi connectivity index (χ3v) is 1.93. The highest BCUT2D eigenvalue weighted by Crippen LogP contribution is 2.02. The fraction of sp³-hybridized carbons (Fsp3) is 0.333. The molecule has 0 radical (unpaired) electrons. The second kappa shape index (κ2) is 19.1. The van der Waals surface area contributed by atoms with E-state index in [2.05, 4.69) is 25.1 Å². The average molecular weight is 329 g/mol. The smallest absolute Gasteiger partial charge is 0.327 e. The summed E-state index contributed by atoms with van der Waals surface area (Å²) in [6.45, 7) is 9.77. The quantitative estimate of drug-likeness (QED) is 0.574. The van der Waals surface area contributed by atoms with Crippen molar-refractivity contribution in [3.05, 3.63) is 38.0 Å². The molecule has 0 atom stereocenters.